The molecule has 0 saturated carbocycles. The number of ether oxygens (including phenoxy) is 3. The van der Waals surface area contributed by atoms with Crippen LogP contribution in [0.5, 0.6) is 17.2 Å². The lowest BCUT2D eigenvalue weighted by molar-refractivity contribution is 0.174. The van der Waals surface area contributed by atoms with E-state index in [1.165, 1.54) is 5.56 Å². The summed E-state index contributed by atoms with van der Waals surface area (Å²) in [6.45, 7) is 1.08. The van der Waals surface area contributed by atoms with Crippen LogP contribution in [0.3, 0.4) is 0 Å². The van der Waals surface area contributed by atoms with Crippen molar-refractivity contribution in [2.45, 2.75) is 12.8 Å². The van der Waals surface area contributed by atoms with Crippen molar-refractivity contribution in [3.05, 3.63) is 48.0 Å². The van der Waals surface area contributed by atoms with E-state index >= 15 is 0 Å². The second-order valence-corrected chi connectivity index (χ2v) is 5.81. The summed E-state index contributed by atoms with van der Waals surface area (Å²) >= 11 is 5.32. The number of rotatable bonds is 6. The Labute approximate surface area is 146 Å². The summed E-state index contributed by atoms with van der Waals surface area (Å²) < 4.78 is 15.8. The van der Waals surface area contributed by atoms with Gasteiger partial charge in [-0.2, -0.15) is 0 Å². The number of hydrogen-bond donors (Lipinski definition) is 2. The average molecular weight is 344 g/mol. The number of aryl methyl sites for hydroxylation is 1. The van der Waals surface area contributed by atoms with Crippen LogP contribution in [0, 0.1) is 0 Å². The average Bonchev–Trinajstić information content (AvgIpc) is 3.07. The zero-order valence-corrected chi connectivity index (χ0v) is 14.3. The fourth-order valence-corrected chi connectivity index (χ4v) is 2.66. The smallest absolute Gasteiger partial charge is 0.231 e. The molecule has 5 nitrogen and oxygen atoms in total. The highest BCUT2D eigenvalue weighted by atomic mass is 32.1. The number of anilines is 1. The van der Waals surface area contributed by atoms with Gasteiger partial charge in [0.15, 0.2) is 16.6 Å². The van der Waals surface area contributed by atoms with Gasteiger partial charge in [-0.05, 0) is 54.9 Å². The highest BCUT2D eigenvalue weighted by molar-refractivity contribution is 7.80. The molecule has 1 aliphatic heterocycles. The van der Waals surface area contributed by atoms with Gasteiger partial charge in [-0.1, -0.05) is 12.1 Å². The fourth-order valence-electron chi connectivity index (χ4n) is 2.44. The largest absolute Gasteiger partial charge is 0.497 e. The SMILES string of the molecule is COc1ccc(CCCNC(=S)Nc2ccc3c(c2)OCO3)cc1. The lowest BCUT2D eigenvalue weighted by Gasteiger charge is -2.11. The van der Waals surface area contributed by atoms with Crippen LogP contribution in [0.25, 0.3) is 0 Å². The molecule has 1 heterocycles. The molecule has 126 valence electrons. The van der Waals surface area contributed by atoms with E-state index in [1.807, 2.05) is 30.3 Å². The number of thiocarbonyl (C=S) groups is 1. The van der Waals surface area contributed by atoms with Crippen LogP contribution in [0.15, 0.2) is 42.5 Å². The van der Waals surface area contributed by atoms with E-state index in [0.717, 1.165) is 42.3 Å². The maximum absolute atomic E-state index is 5.35. The zero-order chi connectivity index (χ0) is 16.8. The van der Waals surface area contributed by atoms with Gasteiger partial charge in [0.05, 0.1) is 7.11 Å². The predicted octanol–water partition coefficient (Wildman–Crippen LogP) is 3.34. The van der Waals surface area contributed by atoms with Crippen molar-refractivity contribution >= 4 is 23.0 Å². The highest BCUT2D eigenvalue weighted by Crippen LogP contribution is 2.34. The Morgan fingerprint density at radius 2 is 1.92 bits per heavy atom. The standard InChI is InChI=1S/C18H20N2O3S/c1-21-15-7-4-13(5-8-15)3-2-10-19-18(24)20-14-6-9-16-17(11-14)23-12-22-16/h4-9,11H,2-3,10,12H2,1H3,(H2,19,20,24). The Hall–Kier alpha value is -2.47. The van der Waals surface area contributed by atoms with Gasteiger partial charge >= 0.3 is 0 Å². The van der Waals surface area contributed by atoms with E-state index < -0.39 is 0 Å². The van der Waals surface area contributed by atoms with Gasteiger partial charge in [0, 0.05) is 18.3 Å². The molecule has 2 aromatic rings. The van der Waals surface area contributed by atoms with E-state index in [0.29, 0.717) is 5.11 Å². The van der Waals surface area contributed by atoms with Crippen LogP contribution in [0.4, 0.5) is 5.69 Å². The molecule has 1 aliphatic rings. The van der Waals surface area contributed by atoms with Crippen molar-refractivity contribution in [3.63, 3.8) is 0 Å². The van der Waals surface area contributed by atoms with Gasteiger partial charge in [0.25, 0.3) is 0 Å². The Bertz CT molecular complexity index is 704. The predicted molar refractivity (Wildman–Crippen MR) is 98.1 cm³/mol. The minimum Gasteiger partial charge on any atom is -0.497 e. The Kier molecular flexibility index (Phi) is 5.38. The number of fused-ring (bicyclic) bond motifs is 1. The quantitative estimate of drug-likeness (QED) is 0.619. The van der Waals surface area contributed by atoms with E-state index in [-0.39, 0.29) is 6.79 Å². The molecule has 0 saturated heterocycles. The molecule has 3 rings (SSSR count). The summed E-state index contributed by atoms with van der Waals surface area (Å²) in [7, 11) is 1.67. The van der Waals surface area contributed by atoms with Crippen LogP contribution in [-0.4, -0.2) is 25.6 Å². The first-order valence-electron chi connectivity index (χ1n) is 7.82. The van der Waals surface area contributed by atoms with Crippen LogP contribution in [-0.2, 0) is 6.42 Å². The minimum absolute atomic E-state index is 0.271. The van der Waals surface area contributed by atoms with Gasteiger partial charge < -0.3 is 24.8 Å². The van der Waals surface area contributed by atoms with Crippen LogP contribution in [0.1, 0.15) is 12.0 Å². The molecule has 6 heteroatoms. The lowest BCUT2D eigenvalue weighted by Crippen LogP contribution is -2.29. The van der Waals surface area contributed by atoms with Crippen molar-refractivity contribution in [3.8, 4) is 17.2 Å². The molecule has 0 fully saturated rings. The van der Waals surface area contributed by atoms with E-state index in [4.69, 9.17) is 26.4 Å². The lowest BCUT2D eigenvalue weighted by atomic mass is 10.1. The van der Waals surface area contributed by atoms with Crippen molar-refractivity contribution < 1.29 is 14.2 Å². The molecule has 0 amide bonds. The van der Waals surface area contributed by atoms with Gasteiger partial charge in [0.2, 0.25) is 6.79 Å². The normalized spacial score (nSPS) is 11.9. The Morgan fingerprint density at radius 1 is 1.12 bits per heavy atom. The molecule has 0 aromatic heterocycles. The number of methoxy groups -OCH3 is 1. The molecule has 0 radical (unpaired) electrons. The summed E-state index contributed by atoms with van der Waals surface area (Å²) in [6.07, 6.45) is 1.99. The first-order chi connectivity index (χ1) is 11.7. The molecule has 0 atom stereocenters. The third-order valence-electron chi connectivity index (χ3n) is 3.72. The molecule has 0 bridgehead atoms. The maximum Gasteiger partial charge on any atom is 0.231 e. The molecular weight excluding hydrogens is 324 g/mol. The number of hydrogen-bond acceptors (Lipinski definition) is 4. The second kappa shape index (κ2) is 7.88. The third kappa shape index (κ3) is 4.29. The summed E-state index contributed by atoms with van der Waals surface area (Å²) in [6, 6.07) is 13.8. The summed E-state index contributed by atoms with van der Waals surface area (Å²) in [4.78, 5) is 0. The third-order valence-corrected chi connectivity index (χ3v) is 3.96. The van der Waals surface area contributed by atoms with E-state index in [2.05, 4.69) is 22.8 Å². The molecular formula is C18H20N2O3S. The summed E-state index contributed by atoms with van der Waals surface area (Å²) in [5.74, 6) is 2.38. The fraction of sp³-hybridized carbons (Fsp3) is 0.278. The maximum atomic E-state index is 5.35. The molecule has 2 aromatic carbocycles. The van der Waals surface area contributed by atoms with Crippen molar-refractivity contribution in [1.82, 2.24) is 5.32 Å². The van der Waals surface area contributed by atoms with Gasteiger partial charge in [-0.15, -0.1) is 0 Å². The first kappa shape index (κ1) is 16.4. The van der Waals surface area contributed by atoms with Crippen molar-refractivity contribution in [1.29, 1.82) is 0 Å². The molecule has 0 unspecified atom stereocenters. The molecule has 24 heavy (non-hydrogen) atoms. The first-order valence-corrected chi connectivity index (χ1v) is 8.23. The highest BCUT2D eigenvalue weighted by Gasteiger charge is 2.13. The second-order valence-electron chi connectivity index (χ2n) is 5.40. The van der Waals surface area contributed by atoms with Crippen molar-refractivity contribution in [2.24, 2.45) is 0 Å². The number of nitrogens with one attached hydrogen (secondary N) is 2. The summed E-state index contributed by atoms with van der Waals surface area (Å²) in [5.41, 5.74) is 2.17. The van der Waals surface area contributed by atoms with Crippen LogP contribution >= 0.6 is 12.2 Å². The van der Waals surface area contributed by atoms with Crippen LogP contribution < -0.4 is 24.8 Å². The molecule has 0 aliphatic carbocycles. The van der Waals surface area contributed by atoms with Crippen molar-refractivity contribution in [2.75, 3.05) is 25.8 Å². The summed E-state index contributed by atoms with van der Waals surface area (Å²) in [5, 5.41) is 6.97. The topological polar surface area (TPSA) is 51.8 Å². The Morgan fingerprint density at radius 3 is 2.71 bits per heavy atom. The van der Waals surface area contributed by atoms with E-state index in [9.17, 15) is 0 Å². The zero-order valence-electron chi connectivity index (χ0n) is 13.5. The number of benzene rings is 2. The van der Waals surface area contributed by atoms with Gasteiger partial charge in [0.1, 0.15) is 5.75 Å². The van der Waals surface area contributed by atoms with Gasteiger partial charge in [-0.3, -0.25) is 0 Å². The van der Waals surface area contributed by atoms with E-state index in [1.54, 1.807) is 7.11 Å². The van der Waals surface area contributed by atoms with Gasteiger partial charge in [-0.25, -0.2) is 0 Å². The minimum atomic E-state index is 0.271. The Balaban J connectivity index is 1.39. The molecule has 0 spiro atoms. The molecule has 2 N–H and O–H groups in total. The monoisotopic (exact) mass is 344 g/mol. The van der Waals surface area contributed by atoms with Crippen LogP contribution in [0.2, 0.25) is 0 Å².